The zero-order valence-corrected chi connectivity index (χ0v) is 21.1. The van der Waals surface area contributed by atoms with Crippen molar-refractivity contribution in [3.05, 3.63) is 105 Å². The van der Waals surface area contributed by atoms with Gasteiger partial charge in [-0.1, -0.05) is 82.2 Å². The van der Waals surface area contributed by atoms with Gasteiger partial charge in [-0.2, -0.15) is 0 Å². The molecule has 3 rings (SSSR count). The smallest absolute Gasteiger partial charge is 0.243 e. The zero-order chi connectivity index (χ0) is 23.8. The molecule has 33 heavy (non-hydrogen) atoms. The number of nitrogens with one attached hydrogen (secondary N) is 1. The van der Waals surface area contributed by atoms with Crippen LogP contribution in [0.15, 0.2) is 77.3 Å². The number of amides is 2. The molecule has 0 fully saturated rings. The summed E-state index contributed by atoms with van der Waals surface area (Å²) in [6.07, 6.45) is 0.719. The molecule has 0 saturated carbocycles. The zero-order valence-electron chi connectivity index (χ0n) is 19.5. The van der Waals surface area contributed by atoms with Gasteiger partial charge in [-0.25, -0.2) is 0 Å². The van der Waals surface area contributed by atoms with Crippen molar-refractivity contribution < 1.29 is 9.59 Å². The Morgan fingerprint density at radius 3 is 2.30 bits per heavy atom. The maximum absolute atomic E-state index is 13.7. The minimum atomic E-state index is -0.603. The normalized spacial score (nSPS) is 11.6. The topological polar surface area (TPSA) is 49.4 Å². The van der Waals surface area contributed by atoms with Gasteiger partial charge < -0.3 is 10.2 Å². The number of nitrogens with zero attached hydrogens (tertiary/aromatic N) is 1. The van der Waals surface area contributed by atoms with Crippen LogP contribution >= 0.6 is 15.9 Å². The summed E-state index contributed by atoms with van der Waals surface area (Å²) in [7, 11) is 0. The Morgan fingerprint density at radius 1 is 0.939 bits per heavy atom. The van der Waals surface area contributed by atoms with Crippen LogP contribution in [0.25, 0.3) is 0 Å². The van der Waals surface area contributed by atoms with Gasteiger partial charge in [0.1, 0.15) is 6.04 Å². The first-order chi connectivity index (χ1) is 15.9. The van der Waals surface area contributed by atoms with Crippen molar-refractivity contribution >= 4 is 27.7 Å². The third kappa shape index (κ3) is 7.03. The summed E-state index contributed by atoms with van der Waals surface area (Å²) in [6, 6.07) is 23.3. The maximum atomic E-state index is 13.7. The first-order valence-electron chi connectivity index (χ1n) is 11.3. The molecule has 0 aliphatic heterocycles. The van der Waals surface area contributed by atoms with E-state index in [0.29, 0.717) is 19.5 Å². The largest absolute Gasteiger partial charge is 0.355 e. The number of benzene rings is 3. The molecule has 4 nitrogen and oxygen atoms in total. The average molecular weight is 507 g/mol. The highest BCUT2D eigenvalue weighted by Gasteiger charge is 2.30. The Kier molecular flexibility index (Phi) is 8.84. The van der Waals surface area contributed by atoms with Crippen LogP contribution < -0.4 is 5.32 Å². The highest BCUT2D eigenvalue weighted by molar-refractivity contribution is 9.10. The van der Waals surface area contributed by atoms with Crippen molar-refractivity contribution in [2.75, 3.05) is 6.54 Å². The minimum Gasteiger partial charge on any atom is -0.355 e. The molecule has 0 aliphatic carbocycles. The molecular formula is C28H31BrN2O2. The predicted molar refractivity (Wildman–Crippen MR) is 137 cm³/mol. The van der Waals surface area contributed by atoms with Crippen molar-refractivity contribution in [3.8, 4) is 0 Å². The minimum absolute atomic E-state index is 0.0567. The monoisotopic (exact) mass is 506 g/mol. The molecule has 0 saturated heterocycles. The first-order valence-corrected chi connectivity index (χ1v) is 12.1. The van der Waals surface area contributed by atoms with E-state index in [1.807, 2.05) is 81.4 Å². The number of hydrogen-bond donors (Lipinski definition) is 1. The Balaban J connectivity index is 1.97. The third-order valence-corrected chi connectivity index (χ3v) is 6.26. The lowest BCUT2D eigenvalue weighted by Gasteiger charge is -2.32. The van der Waals surface area contributed by atoms with Crippen LogP contribution in [0, 0.1) is 13.8 Å². The Morgan fingerprint density at radius 2 is 1.64 bits per heavy atom. The van der Waals surface area contributed by atoms with E-state index >= 15 is 0 Å². The van der Waals surface area contributed by atoms with E-state index in [1.54, 1.807) is 4.90 Å². The van der Waals surface area contributed by atoms with Crippen LogP contribution in [-0.4, -0.2) is 29.3 Å². The summed E-state index contributed by atoms with van der Waals surface area (Å²) in [5.41, 5.74) is 5.20. The van der Waals surface area contributed by atoms with E-state index in [1.165, 1.54) is 0 Å². The fourth-order valence-electron chi connectivity index (χ4n) is 3.89. The van der Waals surface area contributed by atoms with Gasteiger partial charge in [-0.15, -0.1) is 0 Å². The quantitative estimate of drug-likeness (QED) is 0.423. The van der Waals surface area contributed by atoms with Gasteiger partial charge in [-0.05, 0) is 55.2 Å². The van der Waals surface area contributed by atoms with Crippen LogP contribution in [0.3, 0.4) is 0 Å². The van der Waals surface area contributed by atoms with E-state index < -0.39 is 6.04 Å². The van der Waals surface area contributed by atoms with Crippen molar-refractivity contribution in [2.45, 2.75) is 46.2 Å². The van der Waals surface area contributed by atoms with Crippen LogP contribution in [0.1, 0.15) is 34.7 Å². The molecule has 1 N–H and O–H groups in total. The number of carbonyl (C=O) groups excluding carboxylic acids is 2. The standard InChI is InChI=1S/C28H31BrN2O2/c1-4-30-28(33)26(17-22-8-6-5-7-9-22)31(19-23-12-14-25(29)15-13-23)27(32)18-24-16-20(2)10-11-21(24)3/h5-16,26H,4,17-19H2,1-3H3,(H,30,33)/t26-/m1/s1. The lowest BCUT2D eigenvalue weighted by atomic mass is 9.99. The second kappa shape index (κ2) is 11.8. The molecule has 1 atom stereocenters. The summed E-state index contributed by atoms with van der Waals surface area (Å²) in [5.74, 6) is -0.188. The van der Waals surface area contributed by atoms with Crippen molar-refractivity contribution in [2.24, 2.45) is 0 Å². The van der Waals surface area contributed by atoms with Crippen molar-refractivity contribution in [1.82, 2.24) is 10.2 Å². The molecule has 0 heterocycles. The van der Waals surface area contributed by atoms with Crippen molar-refractivity contribution in [3.63, 3.8) is 0 Å². The molecule has 0 aliphatic rings. The molecule has 0 bridgehead atoms. The number of rotatable bonds is 9. The van der Waals surface area contributed by atoms with Gasteiger partial charge in [-0.3, -0.25) is 9.59 Å². The van der Waals surface area contributed by atoms with Gasteiger partial charge in [0.25, 0.3) is 0 Å². The van der Waals surface area contributed by atoms with Gasteiger partial charge in [0.2, 0.25) is 11.8 Å². The number of aryl methyl sites for hydroxylation is 2. The molecule has 3 aromatic rings. The summed E-state index contributed by atoms with van der Waals surface area (Å²) in [5, 5.41) is 2.94. The second-order valence-corrected chi connectivity index (χ2v) is 9.27. The van der Waals surface area contributed by atoms with Crippen LogP contribution in [0.5, 0.6) is 0 Å². The molecule has 2 amide bonds. The number of carbonyl (C=O) groups is 2. The number of likely N-dealkylation sites (N-methyl/N-ethyl adjacent to an activating group) is 1. The van der Waals surface area contributed by atoms with Gasteiger partial charge in [0.05, 0.1) is 6.42 Å². The summed E-state index contributed by atoms with van der Waals surface area (Å²) >= 11 is 3.47. The van der Waals surface area contributed by atoms with Crippen LogP contribution in [-0.2, 0) is 29.0 Å². The lowest BCUT2D eigenvalue weighted by Crippen LogP contribution is -2.51. The predicted octanol–water partition coefficient (Wildman–Crippen LogP) is 5.38. The summed E-state index contributed by atoms with van der Waals surface area (Å²) in [4.78, 5) is 28.7. The average Bonchev–Trinajstić information content (AvgIpc) is 2.80. The fraction of sp³-hybridized carbons (Fsp3) is 0.286. The lowest BCUT2D eigenvalue weighted by molar-refractivity contribution is -0.140. The first kappa shape index (κ1) is 24.7. The molecule has 5 heteroatoms. The SMILES string of the molecule is CCNC(=O)[C@@H](Cc1ccccc1)N(Cc1ccc(Br)cc1)C(=O)Cc1cc(C)ccc1C. The van der Waals surface area contributed by atoms with E-state index in [0.717, 1.165) is 32.3 Å². The summed E-state index contributed by atoms with van der Waals surface area (Å²) in [6.45, 7) is 6.83. The number of halogens is 1. The maximum Gasteiger partial charge on any atom is 0.243 e. The van der Waals surface area contributed by atoms with Gasteiger partial charge in [0, 0.05) is 24.0 Å². The highest BCUT2D eigenvalue weighted by Crippen LogP contribution is 2.19. The van der Waals surface area contributed by atoms with E-state index in [2.05, 4.69) is 33.4 Å². The molecule has 0 unspecified atom stereocenters. The molecular weight excluding hydrogens is 476 g/mol. The Bertz CT molecular complexity index is 1080. The van der Waals surface area contributed by atoms with E-state index in [4.69, 9.17) is 0 Å². The Hall–Kier alpha value is -2.92. The molecule has 172 valence electrons. The van der Waals surface area contributed by atoms with Gasteiger partial charge >= 0.3 is 0 Å². The summed E-state index contributed by atoms with van der Waals surface area (Å²) < 4.78 is 0.976. The Labute approximate surface area is 205 Å². The molecule has 0 spiro atoms. The third-order valence-electron chi connectivity index (χ3n) is 5.73. The van der Waals surface area contributed by atoms with E-state index in [-0.39, 0.29) is 18.2 Å². The van der Waals surface area contributed by atoms with Crippen LogP contribution in [0.4, 0.5) is 0 Å². The van der Waals surface area contributed by atoms with Crippen molar-refractivity contribution in [1.29, 1.82) is 0 Å². The fourth-order valence-corrected chi connectivity index (χ4v) is 4.15. The second-order valence-electron chi connectivity index (χ2n) is 8.35. The van der Waals surface area contributed by atoms with Gasteiger partial charge in [0.15, 0.2) is 0 Å². The van der Waals surface area contributed by atoms with E-state index in [9.17, 15) is 9.59 Å². The van der Waals surface area contributed by atoms with Crippen LogP contribution in [0.2, 0.25) is 0 Å². The molecule has 3 aromatic carbocycles. The number of hydrogen-bond acceptors (Lipinski definition) is 2. The highest BCUT2D eigenvalue weighted by atomic mass is 79.9. The molecule has 0 aromatic heterocycles. The molecule has 0 radical (unpaired) electrons.